The lowest BCUT2D eigenvalue weighted by molar-refractivity contribution is 0.646. The van der Waals surface area contributed by atoms with Gasteiger partial charge in [-0.1, -0.05) is 37.6 Å². The molecule has 1 aliphatic carbocycles. The molecule has 2 aromatic rings. The van der Waals surface area contributed by atoms with Crippen LogP contribution in [0.4, 0.5) is 5.82 Å². The van der Waals surface area contributed by atoms with Gasteiger partial charge in [-0.15, -0.1) is 0 Å². The fourth-order valence-corrected chi connectivity index (χ4v) is 2.86. The molecule has 1 aromatic carbocycles. The predicted octanol–water partition coefficient (Wildman–Crippen LogP) is 4.21. The largest absolute Gasteiger partial charge is 0.383 e. The van der Waals surface area contributed by atoms with Gasteiger partial charge < -0.3 is 10.3 Å². The second-order valence-corrected chi connectivity index (χ2v) is 6.28. The highest BCUT2D eigenvalue weighted by molar-refractivity contribution is 5.74. The number of hydrogen-bond acceptors (Lipinski definition) is 2. The second-order valence-electron chi connectivity index (χ2n) is 6.28. The fourth-order valence-electron chi connectivity index (χ4n) is 2.86. The lowest BCUT2D eigenvalue weighted by Crippen LogP contribution is -2.06. The number of anilines is 1. The number of aryl methyl sites for hydroxylation is 2. The van der Waals surface area contributed by atoms with Crippen molar-refractivity contribution in [2.24, 2.45) is 0 Å². The maximum atomic E-state index is 6.42. The summed E-state index contributed by atoms with van der Waals surface area (Å²) in [6.45, 7) is 8.62. The Labute approximate surface area is 120 Å². The van der Waals surface area contributed by atoms with Crippen LogP contribution in [0.1, 0.15) is 55.6 Å². The third-order valence-electron chi connectivity index (χ3n) is 4.04. The van der Waals surface area contributed by atoms with Crippen molar-refractivity contribution in [3.8, 4) is 11.3 Å². The summed E-state index contributed by atoms with van der Waals surface area (Å²) in [5.74, 6) is 2.36. The van der Waals surface area contributed by atoms with Crippen LogP contribution >= 0.6 is 0 Å². The molecule has 2 N–H and O–H groups in total. The summed E-state index contributed by atoms with van der Waals surface area (Å²) in [7, 11) is 0. The van der Waals surface area contributed by atoms with Gasteiger partial charge in [0.2, 0.25) is 0 Å². The third-order valence-corrected chi connectivity index (χ3v) is 4.04. The monoisotopic (exact) mass is 269 g/mol. The van der Waals surface area contributed by atoms with E-state index < -0.39 is 0 Å². The maximum Gasteiger partial charge on any atom is 0.132 e. The predicted molar refractivity (Wildman–Crippen MR) is 83.9 cm³/mol. The molecule has 0 unspecified atom stereocenters. The normalized spacial score (nSPS) is 15.1. The van der Waals surface area contributed by atoms with Crippen molar-refractivity contribution in [1.82, 2.24) is 9.55 Å². The number of imidazole rings is 1. The molecule has 20 heavy (non-hydrogen) atoms. The van der Waals surface area contributed by atoms with Gasteiger partial charge in [0, 0.05) is 17.5 Å². The first-order valence-corrected chi connectivity index (χ1v) is 7.44. The number of hydrogen-bond donors (Lipinski definition) is 1. The molecule has 3 nitrogen and oxygen atoms in total. The lowest BCUT2D eigenvalue weighted by Gasteiger charge is -2.10. The Balaban J connectivity index is 2.16. The van der Waals surface area contributed by atoms with Gasteiger partial charge in [0.05, 0.1) is 0 Å². The highest BCUT2D eigenvalue weighted by Crippen LogP contribution is 2.42. The second kappa shape index (κ2) is 4.65. The molecule has 0 bridgehead atoms. The number of nitrogens with zero attached hydrogens (tertiary/aromatic N) is 2. The summed E-state index contributed by atoms with van der Waals surface area (Å²) in [5.41, 5.74) is 11.1. The van der Waals surface area contributed by atoms with E-state index in [-0.39, 0.29) is 0 Å². The molecule has 1 aromatic heterocycles. The van der Waals surface area contributed by atoms with Gasteiger partial charge in [-0.2, -0.15) is 0 Å². The summed E-state index contributed by atoms with van der Waals surface area (Å²) in [5, 5.41) is 0. The first-order valence-electron chi connectivity index (χ1n) is 7.44. The van der Waals surface area contributed by atoms with E-state index in [1.165, 1.54) is 24.0 Å². The van der Waals surface area contributed by atoms with E-state index in [9.17, 15) is 0 Å². The van der Waals surface area contributed by atoms with Gasteiger partial charge in [-0.05, 0) is 32.3 Å². The topological polar surface area (TPSA) is 43.8 Å². The summed E-state index contributed by atoms with van der Waals surface area (Å²) < 4.78 is 2.26. The molecule has 1 fully saturated rings. The molecule has 106 valence electrons. The molecule has 3 rings (SSSR count). The SMILES string of the molecule is Cc1ccc(-c2nc(C(C)C)n(C3CC3)c2N)c(C)c1. The molecule has 0 radical (unpaired) electrons. The van der Waals surface area contributed by atoms with Crippen molar-refractivity contribution in [2.75, 3.05) is 5.73 Å². The summed E-state index contributed by atoms with van der Waals surface area (Å²) in [6.07, 6.45) is 2.46. The molecule has 1 heterocycles. The standard InChI is InChI=1S/C17H23N3/c1-10(2)17-19-15(16(18)20(17)13-6-7-13)14-8-5-11(3)9-12(14)4/h5,8-10,13H,6-7,18H2,1-4H3. The first kappa shape index (κ1) is 13.2. The van der Waals surface area contributed by atoms with Crippen LogP contribution in [0.3, 0.4) is 0 Å². The average molecular weight is 269 g/mol. The van der Waals surface area contributed by atoms with Crippen LogP contribution in [0.2, 0.25) is 0 Å². The quantitative estimate of drug-likeness (QED) is 0.907. The molecule has 0 aliphatic heterocycles. The van der Waals surface area contributed by atoms with Crippen LogP contribution in [0.15, 0.2) is 18.2 Å². The molecule has 0 spiro atoms. The van der Waals surface area contributed by atoms with E-state index in [4.69, 9.17) is 10.7 Å². The molecular formula is C17H23N3. The summed E-state index contributed by atoms with van der Waals surface area (Å²) >= 11 is 0. The van der Waals surface area contributed by atoms with Crippen LogP contribution in [0.5, 0.6) is 0 Å². The zero-order valence-corrected chi connectivity index (χ0v) is 12.8. The zero-order chi connectivity index (χ0) is 14.4. The van der Waals surface area contributed by atoms with Crippen LogP contribution in [-0.2, 0) is 0 Å². The Hall–Kier alpha value is -1.77. The molecule has 0 saturated heterocycles. The molecule has 3 heteroatoms. The van der Waals surface area contributed by atoms with Crippen molar-refractivity contribution in [3.05, 3.63) is 35.2 Å². The Morgan fingerprint density at radius 3 is 2.50 bits per heavy atom. The highest BCUT2D eigenvalue weighted by atomic mass is 15.2. The first-order chi connectivity index (χ1) is 9.49. The number of aromatic nitrogens is 2. The van der Waals surface area contributed by atoms with Crippen molar-refractivity contribution >= 4 is 5.82 Å². The van der Waals surface area contributed by atoms with Gasteiger partial charge in [0.25, 0.3) is 0 Å². The molecule has 0 amide bonds. The third kappa shape index (κ3) is 2.11. The van der Waals surface area contributed by atoms with Crippen LogP contribution in [0, 0.1) is 13.8 Å². The fraction of sp³-hybridized carbons (Fsp3) is 0.471. The van der Waals surface area contributed by atoms with E-state index in [0.29, 0.717) is 12.0 Å². The Morgan fingerprint density at radius 1 is 1.25 bits per heavy atom. The minimum absolute atomic E-state index is 0.400. The summed E-state index contributed by atoms with van der Waals surface area (Å²) in [6, 6.07) is 7.04. The van der Waals surface area contributed by atoms with Gasteiger partial charge in [0.1, 0.15) is 17.3 Å². The maximum absolute atomic E-state index is 6.42. The number of nitrogen functional groups attached to an aromatic ring is 1. The van der Waals surface area contributed by atoms with E-state index in [1.54, 1.807) is 0 Å². The number of nitrogens with two attached hydrogens (primary N) is 1. The van der Waals surface area contributed by atoms with Gasteiger partial charge >= 0.3 is 0 Å². The minimum Gasteiger partial charge on any atom is -0.383 e. The van der Waals surface area contributed by atoms with Crippen LogP contribution in [0.25, 0.3) is 11.3 Å². The Bertz CT molecular complexity index is 648. The minimum atomic E-state index is 0.400. The smallest absolute Gasteiger partial charge is 0.132 e. The molecule has 1 aliphatic rings. The van der Waals surface area contributed by atoms with E-state index in [1.807, 2.05) is 0 Å². The highest BCUT2D eigenvalue weighted by Gasteiger charge is 2.31. The van der Waals surface area contributed by atoms with E-state index >= 15 is 0 Å². The zero-order valence-electron chi connectivity index (χ0n) is 12.8. The van der Waals surface area contributed by atoms with E-state index in [0.717, 1.165) is 22.9 Å². The number of rotatable bonds is 3. The Morgan fingerprint density at radius 2 is 1.95 bits per heavy atom. The van der Waals surface area contributed by atoms with Crippen molar-refractivity contribution in [3.63, 3.8) is 0 Å². The summed E-state index contributed by atoms with van der Waals surface area (Å²) in [4.78, 5) is 4.87. The van der Waals surface area contributed by atoms with Crippen LogP contribution in [-0.4, -0.2) is 9.55 Å². The molecule has 0 atom stereocenters. The van der Waals surface area contributed by atoms with Gasteiger partial charge in [-0.25, -0.2) is 4.98 Å². The average Bonchev–Trinajstić information content (AvgIpc) is 3.14. The van der Waals surface area contributed by atoms with Crippen molar-refractivity contribution in [2.45, 2.75) is 52.5 Å². The van der Waals surface area contributed by atoms with Crippen molar-refractivity contribution in [1.29, 1.82) is 0 Å². The van der Waals surface area contributed by atoms with Crippen LogP contribution < -0.4 is 5.73 Å². The lowest BCUT2D eigenvalue weighted by atomic mass is 10.0. The van der Waals surface area contributed by atoms with Gasteiger partial charge in [-0.3, -0.25) is 0 Å². The van der Waals surface area contributed by atoms with Gasteiger partial charge in [0.15, 0.2) is 0 Å². The molecule has 1 saturated carbocycles. The number of benzene rings is 1. The van der Waals surface area contributed by atoms with Crippen molar-refractivity contribution < 1.29 is 0 Å². The Kier molecular flexibility index (Phi) is 3.08. The van der Waals surface area contributed by atoms with E-state index in [2.05, 4.69) is 50.5 Å². The molecular weight excluding hydrogens is 246 g/mol.